The van der Waals surface area contributed by atoms with E-state index in [2.05, 4.69) is 0 Å². The van der Waals surface area contributed by atoms with Gasteiger partial charge in [-0.1, -0.05) is 12.1 Å². The van der Waals surface area contributed by atoms with Crippen molar-refractivity contribution in [1.82, 2.24) is 0 Å². The summed E-state index contributed by atoms with van der Waals surface area (Å²) in [7, 11) is 0. The maximum atomic E-state index is 10.9. The highest BCUT2D eigenvalue weighted by atomic mass is 16.5. The smallest absolute Gasteiger partial charge is 0.339 e. The molecule has 0 radical (unpaired) electrons. The van der Waals surface area contributed by atoms with E-state index in [9.17, 15) is 9.59 Å². The van der Waals surface area contributed by atoms with Crippen LogP contribution in [-0.2, 0) is 4.79 Å². The van der Waals surface area contributed by atoms with Crippen LogP contribution in [0.1, 0.15) is 24.2 Å². The maximum Gasteiger partial charge on any atom is 0.339 e. The number of carboxylic acids is 2. The fourth-order valence-electron chi connectivity index (χ4n) is 1.09. The summed E-state index contributed by atoms with van der Waals surface area (Å²) < 4.78 is 5.26. The lowest BCUT2D eigenvalue weighted by molar-refractivity contribution is -0.148. The van der Waals surface area contributed by atoms with Gasteiger partial charge in [0.05, 0.1) is 5.41 Å². The average Bonchev–Trinajstić information content (AvgIpc) is 2.26. The fraction of sp³-hybridized carbons (Fsp3) is 0.333. The third kappa shape index (κ3) is 3.21. The Kier molecular flexibility index (Phi) is 3.73. The summed E-state index contributed by atoms with van der Waals surface area (Å²) in [4.78, 5) is 21.7. The molecular formula is C12H14O5. The first-order chi connectivity index (χ1) is 7.84. The molecule has 5 heteroatoms. The molecule has 2 N–H and O–H groups in total. The molecule has 17 heavy (non-hydrogen) atoms. The minimum Gasteiger partial charge on any atom is -0.492 e. The van der Waals surface area contributed by atoms with Crippen molar-refractivity contribution in [1.29, 1.82) is 0 Å². The third-order valence-electron chi connectivity index (χ3n) is 2.28. The number of carboxylic acid groups (broad SMARTS) is 2. The van der Waals surface area contributed by atoms with Gasteiger partial charge in [-0.2, -0.15) is 0 Å². The molecule has 1 rings (SSSR count). The summed E-state index contributed by atoms with van der Waals surface area (Å²) in [5, 5.41) is 17.8. The standard InChI is InChI=1S/C12H14O5/c1-12(2,11(15)16)7-17-9-6-4-3-5-8(9)10(13)14/h3-6H,7H2,1-2H3,(H,13,14)(H,15,16). The number of hydrogen-bond donors (Lipinski definition) is 2. The molecule has 0 saturated carbocycles. The Balaban J connectivity index is 2.83. The van der Waals surface area contributed by atoms with Crippen molar-refractivity contribution in [3.63, 3.8) is 0 Å². The van der Waals surface area contributed by atoms with Crippen LogP contribution < -0.4 is 4.74 Å². The summed E-state index contributed by atoms with van der Waals surface area (Å²) in [5.41, 5.74) is -1.04. The summed E-state index contributed by atoms with van der Waals surface area (Å²) in [6.45, 7) is 2.93. The number of benzene rings is 1. The van der Waals surface area contributed by atoms with Crippen LogP contribution in [0.25, 0.3) is 0 Å². The molecule has 1 aromatic rings. The van der Waals surface area contributed by atoms with Crippen molar-refractivity contribution < 1.29 is 24.5 Å². The van der Waals surface area contributed by atoms with Crippen molar-refractivity contribution >= 4 is 11.9 Å². The zero-order valence-electron chi connectivity index (χ0n) is 9.64. The Bertz CT molecular complexity index is 436. The molecular weight excluding hydrogens is 224 g/mol. The first-order valence-corrected chi connectivity index (χ1v) is 5.03. The minimum atomic E-state index is -1.10. The topological polar surface area (TPSA) is 83.8 Å². The van der Waals surface area contributed by atoms with Crippen LogP contribution in [0.2, 0.25) is 0 Å². The predicted molar refractivity (Wildman–Crippen MR) is 60.3 cm³/mol. The van der Waals surface area contributed by atoms with Gasteiger partial charge in [-0.3, -0.25) is 4.79 Å². The molecule has 0 aromatic heterocycles. The molecule has 0 fully saturated rings. The van der Waals surface area contributed by atoms with E-state index in [1.807, 2.05) is 0 Å². The molecule has 0 bridgehead atoms. The lowest BCUT2D eigenvalue weighted by atomic mass is 9.95. The van der Waals surface area contributed by atoms with Gasteiger partial charge < -0.3 is 14.9 Å². The number of aliphatic carboxylic acids is 1. The highest BCUT2D eigenvalue weighted by Gasteiger charge is 2.28. The summed E-state index contributed by atoms with van der Waals surface area (Å²) >= 11 is 0. The number of hydrogen-bond acceptors (Lipinski definition) is 3. The van der Waals surface area contributed by atoms with E-state index >= 15 is 0 Å². The van der Waals surface area contributed by atoms with Crippen LogP contribution in [0.4, 0.5) is 0 Å². The predicted octanol–water partition coefficient (Wildman–Crippen LogP) is 1.87. The summed E-state index contributed by atoms with van der Waals surface area (Å²) in [5.74, 6) is -1.92. The Morgan fingerprint density at radius 3 is 2.35 bits per heavy atom. The highest BCUT2D eigenvalue weighted by Crippen LogP contribution is 2.22. The van der Waals surface area contributed by atoms with Gasteiger partial charge in [-0.25, -0.2) is 4.79 Å². The van der Waals surface area contributed by atoms with E-state index in [4.69, 9.17) is 14.9 Å². The lowest BCUT2D eigenvalue weighted by Gasteiger charge is -2.20. The lowest BCUT2D eigenvalue weighted by Crippen LogP contribution is -2.31. The van der Waals surface area contributed by atoms with Crippen molar-refractivity contribution in [2.45, 2.75) is 13.8 Å². The number of carbonyl (C=O) groups is 2. The molecule has 0 aliphatic heterocycles. The number of para-hydroxylation sites is 1. The minimum absolute atomic E-state index is 0.0219. The van der Waals surface area contributed by atoms with Crippen LogP contribution in [-0.4, -0.2) is 28.8 Å². The van der Waals surface area contributed by atoms with E-state index in [1.54, 1.807) is 12.1 Å². The van der Waals surface area contributed by atoms with Gasteiger partial charge in [0.1, 0.15) is 17.9 Å². The van der Waals surface area contributed by atoms with Crippen molar-refractivity contribution in [2.75, 3.05) is 6.61 Å². The molecule has 0 unspecified atom stereocenters. The molecule has 92 valence electrons. The van der Waals surface area contributed by atoms with Gasteiger partial charge in [-0.05, 0) is 26.0 Å². The fourth-order valence-corrected chi connectivity index (χ4v) is 1.09. The van der Waals surface area contributed by atoms with Crippen molar-refractivity contribution in [3.8, 4) is 5.75 Å². The van der Waals surface area contributed by atoms with E-state index < -0.39 is 17.4 Å². The highest BCUT2D eigenvalue weighted by molar-refractivity contribution is 5.90. The molecule has 0 spiro atoms. The Morgan fingerprint density at radius 2 is 1.82 bits per heavy atom. The second kappa shape index (κ2) is 4.86. The average molecular weight is 238 g/mol. The zero-order valence-corrected chi connectivity index (χ0v) is 9.64. The SMILES string of the molecule is CC(C)(COc1ccccc1C(=O)O)C(=O)O. The van der Waals surface area contributed by atoms with Crippen molar-refractivity contribution in [3.05, 3.63) is 29.8 Å². The van der Waals surface area contributed by atoms with Crippen LogP contribution >= 0.6 is 0 Å². The van der Waals surface area contributed by atoms with Crippen LogP contribution in [0, 0.1) is 5.41 Å². The monoisotopic (exact) mass is 238 g/mol. The third-order valence-corrected chi connectivity index (χ3v) is 2.28. The van der Waals surface area contributed by atoms with Gasteiger partial charge in [0.25, 0.3) is 0 Å². The molecule has 0 aliphatic carbocycles. The Hall–Kier alpha value is -2.04. The molecule has 5 nitrogen and oxygen atoms in total. The molecule has 0 heterocycles. The molecule has 0 atom stereocenters. The van der Waals surface area contributed by atoms with E-state index in [0.717, 1.165) is 0 Å². The number of aromatic carboxylic acids is 1. The van der Waals surface area contributed by atoms with Crippen molar-refractivity contribution in [2.24, 2.45) is 5.41 Å². The summed E-state index contributed by atoms with van der Waals surface area (Å²) in [6, 6.07) is 6.13. The maximum absolute atomic E-state index is 10.9. The largest absolute Gasteiger partial charge is 0.492 e. The molecule has 0 aliphatic rings. The van der Waals surface area contributed by atoms with Gasteiger partial charge in [0.15, 0.2) is 0 Å². The van der Waals surface area contributed by atoms with Gasteiger partial charge in [-0.15, -0.1) is 0 Å². The number of rotatable bonds is 5. The first kappa shape index (κ1) is 13.0. The second-order valence-electron chi connectivity index (χ2n) is 4.28. The molecule has 0 saturated heterocycles. The van der Waals surface area contributed by atoms with E-state index in [1.165, 1.54) is 26.0 Å². The second-order valence-corrected chi connectivity index (χ2v) is 4.28. The van der Waals surface area contributed by atoms with Crippen LogP contribution in [0.3, 0.4) is 0 Å². The normalized spacial score (nSPS) is 10.9. The van der Waals surface area contributed by atoms with Crippen LogP contribution in [0.15, 0.2) is 24.3 Å². The molecule has 0 amide bonds. The molecule has 1 aromatic carbocycles. The van der Waals surface area contributed by atoms with Crippen LogP contribution in [0.5, 0.6) is 5.75 Å². The quantitative estimate of drug-likeness (QED) is 0.818. The summed E-state index contributed by atoms with van der Waals surface area (Å²) in [6.07, 6.45) is 0. The zero-order chi connectivity index (χ0) is 13.1. The number of ether oxygens (including phenoxy) is 1. The Morgan fingerprint density at radius 1 is 1.24 bits per heavy atom. The van der Waals surface area contributed by atoms with Gasteiger partial charge in [0.2, 0.25) is 0 Å². The Labute approximate surface area is 98.6 Å². The van der Waals surface area contributed by atoms with Gasteiger partial charge >= 0.3 is 11.9 Å². The van der Waals surface area contributed by atoms with E-state index in [0.29, 0.717) is 0 Å². The van der Waals surface area contributed by atoms with Gasteiger partial charge in [0, 0.05) is 0 Å². The first-order valence-electron chi connectivity index (χ1n) is 5.03. The van der Waals surface area contributed by atoms with E-state index in [-0.39, 0.29) is 17.9 Å².